The molecule has 0 aromatic heterocycles. The summed E-state index contributed by atoms with van der Waals surface area (Å²) >= 11 is 0. The maximum Gasteiger partial charge on any atom is 0.305 e. The van der Waals surface area contributed by atoms with Crippen molar-refractivity contribution in [3.8, 4) is 12.3 Å². The zero-order valence-electron chi connectivity index (χ0n) is 12.3. The van der Waals surface area contributed by atoms with Gasteiger partial charge in [0.15, 0.2) is 0 Å². The van der Waals surface area contributed by atoms with Crippen LogP contribution in [0.15, 0.2) is 24.3 Å². The van der Waals surface area contributed by atoms with Crippen molar-refractivity contribution in [2.75, 3.05) is 11.4 Å². The Morgan fingerprint density at radius 2 is 1.86 bits per heavy atom. The zero-order chi connectivity index (χ0) is 15.7. The van der Waals surface area contributed by atoms with Gasteiger partial charge in [-0.05, 0) is 31.9 Å². The molecule has 0 spiro atoms. The van der Waals surface area contributed by atoms with Gasteiger partial charge in [0, 0.05) is 25.1 Å². The fraction of sp³-hybridized carbons (Fsp3) is 0.412. The van der Waals surface area contributed by atoms with Crippen molar-refractivity contribution in [1.82, 2.24) is 0 Å². The van der Waals surface area contributed by atoms with Gasteiger partial charge in [-0.3, -0.25) is 9.59 Å². The van der Waals surface area contributed by atoms with E-state index in [-0.39, 0.29) is 18.9 Å². The van der Waals surface area contributed by atoms with Crippen LogP contribution in [0.25, 0.3) is 0 Å². The van der Waals surface area contributed by atoms with Gasteiger partial charge < -0.3 is 10.0 Å². The Morgan fingerprint density at radius 3 is 2.43 bits per heavy atom. The lowest BCUT2D eigenvalue weighted by Gasteiger charge is -2.22. The molecule has 0 aliphatic carbocycles. The fourth-order valence-corrected chi connectivity index (χ4v) is 1.97. The van der Waals surface area contributed by atoms with Crippen molar-refractivity contribution in [2.45, 2.75) is 39.0 Å². The quantitative estimate of drug-likeness (QED) is 0.590. The van der Waals surface area contributed by atoms with Crippen LogP contribution in [0.1, 0.15) is 37.7 Å². The summed E-state index contributed by atoms with van der Waals surface area (Å²) in [6.07, 6.45) is 7.69. The van der Waals surface area contributed by atoms with E-state index in [0.29, 0.717) is 12.8 Å². The number of aryl methyl sites for hydroxylation is 1. The molecule has 4 heteroatoms. The molecular formula is C17H21NO3. The van der Waals surface area contributed by atoms with Crippen molar-refractivity contribution in [3.05, 3.63) is 29.8 Å². The van der Waals surface area contributed by atoms with Crippen LogP contribution in [0, 0.1) is 19.3 Å². The van der Waals surface area contributed by atoms with E-state index in [2.05, 4.69) is 5.92 Å². The Bertz CT molecular complexity index is 514. The van der Waals surface area contributed by atoms with Gasteiger partial charge in [0.2, 0.25) is 5.91 Å². The SMILES string of the molecule is C#CCCCCC(=O)N(CCC(=O)O)c1ccc(C)cc1. The Balaban J connectivity index is 2.71. The first-order valence-corrected chi connectivity index (χ1v) is 7.07. The van der Waals surface area contributed by atoms with Crippen LogP contribution < -0.4 is 4.90 Å². The van der Waals surface area contributed by atoms with Crippen molar-refractivity contribution in [1.29, 1.82) is 0 Å². The van der Waals surface area contributed by atoms with Gasteiger partial charge in [0.05, 0.1) is 6.42 Å². The summed E-state index contributed by atoms with van der Waals surface area (Å²) in [4.78, 5) is 24.6. The van der Waals surface area contributed by atoms with Crippen molar-refractivity contribution < 1.29 is 14.7 Å². The first-order valence-electron chi connectivity index (χ1n) is 7.07. The summed E-state index contributed by atoms with van der Waals surface area (Å²) in [5, 5.41) is 8.82. The van der Waals surface area contributed by atoms with E-state index in [1.165, 1.54) is 0 Å². The van der Waals surface area contributed by atoms with Crippen LogP contribution in [-0.2, 0) is 9.59 Å². The summed E-state index contributed by atoms with van der Waals surface area (Å²) < 4.78 is 0. The number of benzene rings is 1. The minimum atomic E-state index is -0.910. The molecule has 0 saturated carbocycles. The number of carboxylic acids is 1. The van der Waals surface area contributed by atoms with E-state index >= 15 is 0 Å². The molecule has 0 heterocycles. The summed E-state index contributed by atoms with van der Waals surface area (Å²) in [5.41, 5.74) is 1.84. The molecule has 0 atom stereocenters. The summed E-state index contributed by atoms with van der Waals surface area (Å²) in [6.45, 7) is 2.15. The Kier molecular flexibility index (Phi) is 7.03. The highest BCUT2D eigenvalue weighted by molar-refractivity contribution is 5.93. The molecule has 1 aromatic carbocycles. The lowest BCUT2D eigenvalue weighted by atomic mass is 10.1. The largest absolute Gasteiger partial charge is 0.481 e. The number of nitrogens with zero attached hydrogens (tertiary/aromatic N) is 1. The summed E-state index contributed by atoms with van der Waals surface area (Å²) in [5.74, 6) is 1.58. The Hall–Kier alpha value is -2.28. The zero-order valence-corrected chi connectivity index (χ0v) is 12.3. The summed E-state index contributed by atoms with van der Waals surface area (Å²) in [7, 11) is 0. The highest BCUT2D eigenvalue weighted by Crippen LogP contribution is 2.17. The highest BCUT2D eigenvalue weighted by atomic mass is 16.4. The maximum absolute atomic E-state index is 12.3. The number of hydrogen-bond donors (Lipinski definition) is 1. The van der Waals surface area contributed by atoms with Gasteiger partial charge in [-0.2, -0.15) is 0 Å². The van der Waals surface area contributed by atoms with E-state index in [9.17, 15) is 9.59 Å². The predicted octanol–water partition coefficient (Wildman–Crippen LogP) is 3.00. The van der Waals surface area contributed by atoms with Crippen LogP contribution >= 0.6 is 0 Å². The molecule has 1 amide bonds. The van der Waals surface area contributed by atoms with Crippen molar-refractivity contribution >= 4 is 17.6 Å². The molecule has 0 aliphatic heterocycles. The number of rotatable bonds is 8. The number of hydrogen-bond acceptors (Lipinski definition) is 2. The lowest BCUT2D eigenvalue weighted by Crippen LogP contribution is -2.32. The molecule has 21 heavy (non-hydrogen) atoms. The van der Waals surface area contributed by atoms with Crippen LogP contribution in [-0.4, -0.2) is 23.5 Å². The van der Waals surface area contributed by atoms with Crippen molar-refractivity contribution in [2.24, 2.45) is 0 Å². The second kappa shape index (κ2) is 8.80. The van der Waals surface area contributed by atoms with Gasteiger partial charge >= 0.3 is 5.97 Å². The number of amides is 1. The van der Waals surface area contributed by atoms with Gasteiger partial charge in [0.25, 0.3) is 0 Å². The first kappa shape index (κ1) is 16.8. The molecule has 1 rings (SSSR count). The standard InChI is InChI=1S/C17H21NO3/c1-3-4-5-6-7-16(19)18(13-12-17(20)21)15-10-8-14(2)9-11-15/h1,8-11H,4-7,12-13H2,2H3,(H,20,21). The molecule has 0 fully saturated rings. The molecule has 4 nitrogen and oxygen atoms in total. The lowest BCUT2D eigenvalue weighted by molar-refractivity contribution is -0.136. The molecule has 0 aliphatic rings. The van der Waals surface area contributed by atoms with E-state index in [1.54, 1.807) is 4.90 Å². The van der Waals surface area contributed by atoms with Gasteiger partial charge in [-0.1, -0.05) is 17.7 Å². The smallest absolute Gasteiger partial charge is 0.305 e. The number of aliphatic carboxylic acids is 1. The molecule has 112 valence electrons. The normalized spacial score (nSPS) is 9.90. The van der Waals surface area contributed by atoms with Crippen LogP contribution in [0.3, 0.4) is 0 Å². The molecule has 0 saturated heterocycles. The van der Waals surface area contributed by atoms with E-state index in [1.807, 2.05) is 31.2 Å². The second-order valence-electron chi connectivity index (χ2n) is 4.94. The number of carbonyl (C=O) groups excluding carboxylic acids is 1. The molecular weight excluding hydrogens is 266 g/mol. The molecule has 0 radical (unpaired) electrons. The first-order chi connectivity index (χ1) is 10.0. The number of unbranched alkanes of at least 4 members (excludes halogenated alkanes) is 2. The minimum Gasteiger partial charge on any atom is -0.481 e. The van der Waals surface area contributed by atoms with Gasteiger partial charge in [-0.25, -0.2) is 0 Å². The predicted molar refractivity (Wildman–Crippen MR) is 83.1 cm³/mol. The minimum absolute atomic E-state index is 0.0582. The second-order valence-corrected chi connectivity index (χ2v) is 4.94. The number of carbonyl (C=O) groups is 2. The molecule has 0 unspecified atom stereocenters. The molecule has 0 bridgehead atoms. The fourth-order valence-electron chi connectivity index (χ4n) is 1.97. The van der Waals surface area contributed by atoms with E-state index in [0.717, 1.165) is 24.1 Å². The highest BCUT2D eigenvalue weighted by Gasteiger charge is 2.16. The number of terminal acetylenes is 1. The topological polar surface area (TPSA) is 57.6 Å². The van der Waals surface area contributed by atoms with Crippen LogP contribution in [0.5, 0.6) is 0 Å². The average molecular weight is 287 g/mol. The number of anilines is 1. The third kappa shape index (κ3) is 6.13. The van der Waals surface area contributed by atoms with Gasteiger partial charge in [-0.15, -0.1) is 12.3 Å². The van der Waals surface area contributed by atoms with E-state index in [4.69, 9.17) is 11.5 Å². The monoisotopic (exact) mass is 287 g/mol. The third-order valence-electron chi connectivity index (χ3n) is 3.16. The molecule has 1 aromatic rings. The number of carboxylic acid groups (broad SMARTS) is 1. The van der Waals surface area contributed by atoms with Crippen LogP contribution in [0.4, 0.5) is 5.69 Å². The van der Waals surface area contributed by atoms with Crippen LogP contribution in [0.2, 0.25) is 0 Å². The molecule has 1 N–H and O–H groups in total. The third-order valence-corrected chi connectivity index (χ3v) is 3.16. The Labute approximate surface area is 125 Å². The maximum atomic E-state index is 12.3. The van der Waals surface area contributed by atoms with Crippen molar-refractivity contribution in [3.63, 3.8) is 0 Å². The van der Waals surface area contributed by atoms with Gasteiger partial charge in [0.1, 0.15) is 0 Å². The van der Waals surface area contributed by atoms with E-state index < -0.39 is 5.97 Å². The average Bonchev–Trinajstić information content (AvgIpc) is 2.45. The summed E-state index contributed by atoms with van der Waals surface area (Å²) in [6, 6.07) is 7.51. The Morgan fingerprint density at radius 1 is 1.19 bits per heavy atom.